The van der Waals surface area contributed by atoms with Gasteiger partial charge < -0.3 is 15.2 Å². The normalized spacial score (nSPS) is 32.5. The average Bonchev–Trinajstić information content (AvgIpc) is 2.44. The fourth-order valence-corrected chi connectivity index (χ4v) is 3.52. The summed E-state index contributed by atoms with van der Waals surface area (Å²) in [5.74, 6) is -2.05. The topological polar surface area (TPSA) is 84.6 Å². The Morgan fingerprint density at radius 2 is 2.38 bits per heavy atom. The summed E-state index contributed by atoms with van der Waals surface area (Å²) in [7, 11) is 0. The second-order valence-electron chi connectivity index (χ2n) is 5.95. The number of benzene rings is 1. The van der Waals surface area contributed by atoms with E-state index in [0.29, 0.717) is 24.3 Å². The number of nitrogens with one attached hydrogen (secondary N) is 1. The SMILES string of the molecule is CC(C(=O)O)C1c2cc(F)ccc2OC2(N)CCNCC12. The summed E-state index contributed by atoms with van der Waals surface area (Å²) in [6.07, 6.45) is 0.595. The molecule has 2 aliphatic heterocycles. The summed E-state index contributed by atoms with van der Waals surface area (Å²) < 4.78 is 19.5. The van der Waals surface area contributed by atoms with E-state index in [1.54, 1.807) is 13.0 Å². The molecule has 2 aliphatic rings. The maximum Gasteiger partial charge on any atom is 0.306 e. The molecule has 1 fully saturated rings. The molecule has 0 radical (unpaired) electrons. The number of ether oxygens (including phenoxy) is 1. The van der Waals surface area contributed by atoms with Crippen LogP contribution in [0.3, 0.4) is 0 Å². The van der Waals surface area contributed by atoms with Gasteiger partial charge in [-0.2, -0.15) is 0 Å². The lowest BCUT2D eigenvalue weighted by Gasteiger charge is -2.50. The molecule has 4 unspecified atom stereocenters. The molecular weight excluding hydrogens is 275 g/mol. The molecule has 6 heteroatoms. The van der Waals surface area contributed by atoms with E-state index in [1.165, 1.54) is 12.1 Å². The monoisotopic (exact) mass is 294 g/mol. The molecule has 0 saturated carbocycles. The highest BCUT2D eigenvalue weighted by molar-refractivity contribution is 5.71. The molecule has 4 N–H and O–H groups in total. The fraction of sp³-hybridized carbons (Fsp3) is 0.533. The highest BCUT2D eigenvalue weighted by Crippen LogP contribution is 2.48. The number of hydrogen-bond donors (Lipinski definition) is 3. The second kappa shape index (κ2) is 4.96. The first-order valence-corrected chi connectivity index (χ1v) is 7.13. The molecule has 21 heavy (non-hydrogen) atoms. The van der Waals surface area contributed by atoms with Crippen LogP contribution in [0, 0.1) is 17.7 Å². The number of fused-ring (bicyclic) bond motifs is 2. The molecule has 1 saturated heterocycles. The summed E-state index contributed by atoms with van der Waals surface area (Å²) in [6.45, 7) is 2.93. The van der Waals surface area contributed by atoms with Crippen LogP contribution in [-0.2, 0) is 4.79 Å². The Hall–Kier alpha value is -1.66. The van der Waals surface area contributed by atoms with Crippen molar-refractivity contribution in [2.45, 2.75) is 25.0 Å². The maximum absolute atomic E-state index is 13.6. The number of rotatable bonds is 2. The third-order valence-electron chi connectivity index (χ3n) is 4.68. The average molecular weight is 294 g/mol. The Bertz CT molecular complexity index is 580. The molecule has 114 valence electrons. The van der Waals surface area contributed by atoms with Gasteiger partial charge in [0.15, 0.2) is 5.72 Å². The van der Waals surface area contributed by atoms with Crippen molar-refractivity contribution in [2.75, 3.05) is 13.1 Å². The molecule has 2 heterocycles. The number of aliphatic carboxylic acids is 1. The number of nitrogens with two attached hydrogens (primary N) is 1. The van der Waals surface area contributed by atoms with Crippen molar-refractivity contribution in [2.24, 2.45) is 17.6 Å². The molecule has 5 nitrogen and oxygen atoms in total. The van der Waals surface area contributed by atoms with Gasteiger partial charge in [-0.05, 0) is 18.2 Å². The maximum atomic E-state index is 13.6. The van der Waals surface area contributed by atoms with Gasteiger partial charge in [0.1, 0.15) is 11.6 Å². The molecule has 3 rings (SSSR count). The minimum atomic E-state index is -0.912. The van der Waals surface area contributed by atoms with Crippen molar-refractivity contribution < 1.29 is 19.0 Å². The van der Waals surface area contributed by atoms with Crippen LogP contribution < -0.4 is 15.8 Å². The standard InChI is InChI=1S/C15H19FN2O3/c1-8(14(19)20)13-10-6-9(16)2-3-12(10)21-15(17)4-5-18-7-11(13)15/h2-3,6,8,11,13,18H,4-5,7,17H2,1H3,(H,19,20). The van der Waals surface area contributed by atoms with E-state index < -0.39 is 23.4 Å². The summed E-state index contributed by atoms with van der Waals surface area (Å²) in [4.78, 5) is 11.5. The second-order valence-corrected chi connectivity index (χ2v) is 5.95. The van der Waals surface area contributed by atoms with Crippen molar-refractivity contribution in [1.82, 2.24) is 5.32 Å². The zero-order valence-corrected chi connectivity index (χ0v) is 11.8. The van der Waals surface area contributed by atoms with Crippen molar-refractivity contribution in [3.63, 3.8) is 0 Å². The Kier molecular flexibility index (Phi) is 3.37. The molecule has 0 bridgehead atoms. The number of hydrogen-bond acceptors (Lipinski definition) is 4. The highest BCUT2D eigenvalue weighted by atomic mass is 19.1. The van der Waals surface area contributed by atoms with Crippen LogP contribution in [0.1, 0.15) is 24.8 Å². The van der Waals surface area contributed by atoms with Crippen LogP contribution >= 0.6 is 0 Å². The van der Waals surface area contributed by atoms with E-state index in [9.17, 15) is 14.3 Å². The van der Waals surface area contributed by atoms with Crippen molar-refractivity contribution in [3.8, 4) is 5.75 Å². The first kappa shape index (κ1) is 14.3. The van der Waals surface area contributed by atoms with Gasteiger partial charge >= 0.3 is 5.97 Å². The van der Waals surface area contributed by atoms with Crippen molar-refractivity contribution in [3.05, 3.63) is 29.6 Å². The lowest BCUT2D eigenvalue weighted by Crippen LogP contribution is -2.64. The number of carboxylic acid groups (broad SMARTS) is 1. The highest BCUT2D eigenvalue weighted by Gasteiger charge is 2.51. The number of carboxylic acids is 1. The minimum absolute atomic E-state index is 0.202. The smallest absolute Gasteiger partial charge is 0.306 e. The predicted molar refractivity (Wildman–Crippen MR) is 74.5 cm³/mol. The van der Waals surface area contributed by atoms with Crippen molar-refractivity contribution >= 4 is 5.97 Å². The molecule has 0 aromatic heterocycles. The zero-order chi connectivity index (χ0) is 15.2. The summed E-state index contributed by atoms with van der Waals surface area (Å²) >= 11 is 0. The summed E-state index contributed by atoms with van der Waals surface area (Å²) in [5.41, 5.74) is 6.10. The minimum Gasteiger partial charge on any atom is -0.481 e. The van der Waals surface area contributed by atoms with E-state index >= 15 is 0 Å². The van der Waals surface area contributed by atoms with Gasteiger partial charge in [0, 0.05) is 36.9 Å². The number of halogens is 1. The van der Waals surface area contributed by atoms with Crippen LogP contribution in [0.25, 0.3) is 0 Å². The summed E-state index contributed by atoms with van der Waals surface area (Å²) in [5, 5.41) is 12.6. The van der Waals surface area contributed by atoms with E-state index in [0.717, 1.165) is 6.54 Å². The zero-order valence-electron chi connectivity index (χ0n) is 11.8. The van der Waals surface area contributed by atoms with Gasteiger partial charge in [-0.25, -0.2) is 4.39 Å². The largest absolute Gasteiger partial charge is 0.481 e. The van der Waals surface area contributed by atoms with Crippen LogP contribution in [0.4, 0.5) is 4.39 Å². The molecular formula is C15H19FN2O3. The Balaban J connectivity index is 2.12. The molecule has 1 aromatic carbocycles. The van der Waals surface area contributed by atoms with Crippen LogP contribution in [0.5, 0.6) is 5.75 Å². The molecule has 0 aliphatic carbocycles. The van der Waals surface area contributed by atoms with Gasteiger partial charge in [-0.15, -0.1) is 0 Å². The van der Waals surface area contributed by atoms with E-state index in [1.807, 2.05) is 0 Å². The summed E-state index contributed by atoms with van der Waals surface area (Å²) in [6, 6.07) is 4.22. The van der Waals surface area contributed by atoms with E-state index in [2.05, 4.69) is 5.32 Å². The quantitative estimate of drug-likeness (QED) is 0.765. The lowest BCUT2D eigenvalue weighted by atomic mass is 9.69. The third-order valence-corrected chi connectivity index (χ3v) is 4.68. The van der Waals surface area contributed by atoms with Gasteiger partial charge in [0.2, 0.25) is 0 Å². The van der Waals surface area contributed by atoms with Gasteiger partial charge in [-0.3, -0.25) is 10.5 Å². The van der Waals surface area contributed by atoms with Gasteiger partial charge in [0.25, 0.3) is 0 Å². The molecule has 1 aromatic rings. The molecule has 4 atom stereocenters. The fourth-order valence-electron chi connectivity index (χ4n) is 3.52. The Morgan fingerprint density at radius 3 is 3.10 bits per heavy atom. The van der Waals surface area contributed by atoms with Crippen LogP contribution in [0.15, 0.2) is 18.2 Å². The van der Waals surface area contributed by atoms with E-state index in [4.69, 9.17) is 10.5 Å². The predicted octanol–water partition coefficient (Wildman–Crippen LogP) is 1.29. The molecule has 0 spiro atoms. The van der Waals surface area contributed by atoms with Crippen molar-refractivity contribution in [1.29, 1.82) is 0 Å². The van der Waals surface area contributed by atoms with Crippen LogP contribution in [0.2, 0.25) is 0 Å². The lowest BCUT2D eigenvalue weighted by molar-refractivity contribution is -0.144. The third kappa shape index (κ3) is 2.28. The van der Waals surface area contributed by atoms with E-state index in [-0.39, 0.29) is 11.8 Å². The van der Waals surface area contributed by atoms with Gasteiger partial charge in [0.05, 0.1) is 5.92 Å². The number of piperidine rings is 1. The first-order valence-electron chi connectivity index (χ1n) is 7.13. The first-order chi connectivity index (χ1) is 9.92. The number of carbonyl (C=O) groups is 1. The van der Waals surface area contributed by atoms with Gasteiger partial charge in [-0.1, -0.05) is 6.92 Å². The Morgan fingerprint density at radius 1 is 1.62 bits per heavy atom. The van der Waals surface area contributed by atoms with Crippen LogP contribution in [-0.4, -0.2) is 29.9 Å². The Labute approximate surface area is 122 Å². The molecule has 0 amide bonds.